The van der Waals surface area contributed by atoms with Crippen molar-refractivity contribution >= 4 is 11.8 Å². The molecule has 2 aliphatic rings. The van der Waals surface area contributed by atoms with Crippen molar-refractivity contribution in [2.75, 3.05) is 40.3 Å². The molecule has 2 saturated heterocycles. The minimum absolute atomic E-state index is 0.103. The van der Waals surface area contributed by atoms with Crippen LogP contribution in [-0.4, -0.2) is 61.9 Å². The van der Waals surface area contributed by atoms with Crippen molar-refractivity contribution in [1.82, 2.24) is 15.1 Å². The van der Waals surface area contributed by atoms with Gasteiger partial charge in [0.05, 0.1) is 5.92 Å². The first-order valence-electron chi connectivity index (χ1n) is 6.80. The fraction of sp³-hybridized carbons (Fsp3) is 0.846. The normalized spacial score (nSPS) is 25.2. The van der Waals surface area contributed by atoms with Crippen molar-refractivity contribution < 1.29 is 9.59 Å². The van der Waals surface area contributed by atoms with Gasteiger partial charge in [-0.1, -0.05) is 0 Å². The zero-order valence-corrected chi connectivity index (χ0v) is 11.3. The van der Waals surface area contributed by atoms with Gasteiger partial charge in [-0.25, -0.2) is 0 Å². The molecule has 0 aromatic heterocycles. The van der Waals surface area contributed by atoms with Gasteiger partial charge >= 0.3 is 0 Å². The standard InChI is InChI=1S/C13H23N3O2/c1-15(2)12(17)10-4-7-16(8-5-10)13(18)11-3-6-14-9-11/h10-11,14H,3-9H2,1-2H3. The van der Waals surface area contributed by atoms with E-state index in [0.717, 1.165) is 45.4 Å². The number of hydrogen-bond acceptors (Lipinski definition) is 3. The average molecular weight is 253 g/mol. The maximum Gasteiger partial charge on any atom is 0.227 e. The minimum atomic E-state index is 0.103. The third-order valence-corrected chi connectivity index (χ3v) is 4.01. The fourth-order valence-electron chi connectivity index (χ4n) is 2.84. The summed E-state index contributed by atoms with van der Waals surface area (Å²) in [4.78, 5) is 27.6. The molecule has 2 aliphatic heterocycles. The van der Waals surface area contributed by atoms with E-state index in [4.69, 9.17) is 0 Å². The van der Waals surface area contributed by atoms with Crippen LogP contribution in [0.1, 0.15) is 19.3 Å². The number of amides is 2. The molecule has 5 heteroatoms. The van der Waals surface area contributed by atoms with Gasteiger partial charge in [0.2, 0.25) is 11.8 Å². The summed E-state index contributed by atoms with van der Waals surface area (Å²) in [5, 5.41) is 3.23. The second-order valence-electron chi connectivity index (χ2n) is 5.52. The summed E-state index contributed by atoms with van der Waals surface area (Å²) in [6.45, 7) is 3.24. The lowest BCUT2D eigenvalue weighted by atomic mass is 9.94. The molecule has 2 heterocycles. The van der Waals surface area contributed by atoms with Gasteiger partial charge in [0, 0.05) is 39.6 Å². The van der Waals surface area contributed by atoms with Crippen LogP contribution in [0.5, 0.6) is 0 Å². The van der Waals surface area contributed by atoms with Gasteiger partial charge in [0.15, 0.2) is 0 Å². The molecule has 0 spiro atoms. The maximum atomic E-state index is 12.2. The van der Waals surface area contributed by atoms with Crippen LogP contribution < -0.4 is 5.32 Å². The highest BCUT2D eigenvalue weighted by Crippen LogP contribution is 2.21. The topological polar surface area (TPSA) is 52.7 Å². The summed E-state index contributed by atoms with van der Waals surface area (Å²) >= 11 is 0. The third-order valence-electron chi connectivity index (χ3n) is 4.01. The largest absolute Gasteiger partial charge is 0.349 e. The van der Waals surface area contributed by atoms with E-state index in [2.05, 4.69) is 5.32 Å². The molecule has 102 valence electrons. The summed E-state index contributed by atoms with van der Waals surface area (Å²) in [5.74, 6) is 0.734. The number of nitrogens with one attached hydrogen (secondary N) is 1. The van der Waals surface area contributed by atoms with Crippen LogP contribution >= 0.6 is 0 Å². The smallest absolute Gasteiger partial charge is 0.227 e. The summed E-state index contributed by atoms with van der Waals surface area (Å²) in [6.07, 6.45) is 2.57. The zero-order valence-electron chi connectivity index (χ0n) is 11.3. The van der Waals surface area contributed by atoms with Gasteiger partial charge in [-0.05, 0) is 25.8 Å². The van der Waals surface area contributed by atoms with Crippen LogP contribution in [-0.2, 0) is 9.59 Å². The quantitative estimate of drug-likeness (QED) is 0.749. The maximum absolute atomic E-state index is 12.2. The van der Waals surface area contributed by atoms with Gasteiger partial charge in [-0.3, -0.25) is 9.59 Å². The van der Waals surface area contributed by atoms with Crippen LogP contribution in [0.25, 0.3) is 0 Å². The highest BCUT2D eigenvalue weighted by molar-refractivity contribution is 5.81. The van der Waals surface area contributed by atoms with Crippen LogP contribution in [0.15, 0.2) is 0 Å². The molecule has 1 unspecified atom stereocenters. The second-order valence-corrected chi connectivity index (χ2v) is 5.52. The molecule has 0 aromatic rings. The molecule has 0 saturated carbocycles. The number of hydrogen-bond donors (Lipinski definition) is 1. The van der Waals surface area contributed by atoms with Gasteiger partial charge in [-0.2, -0.15) is 0 Å². The second kappa shape index (κ2) is 5.69. The molecular weight excluding hydrogens is 230 g/mol. The Morgan fingerprint density at radius 3 is 2.28 bits per heavy atom. The summed E-state index contributed by atoms with van der Waals surface area (Å²) in [7, 11) is 3.59. The SMILES string of the molecule is CN(C)C(=O)C1CCN(C(=O)C2CCNC2)CC1. The molecule has 18 heavy (non-hydrogen) atoms. The van der Waals surface area contributed by atoms with Crippen LogP contribution in [0.2, 0.25) is 0 Å². The Kier molecular flexibility index (Phi) is 4.22. The molecule has 2 fully saturated rings. The molecule has 2 rings (SSSR count). The lowest BCUT2D eigenvalue weighted by Crippen LogP contribution is -2.45. The predicted octanol–water partition coefficient (Wildman–Crippen LogP) is -0.0773. The summed E-state index contributed by atoms with van der Waals surface area (Å²) in [5.41, 5.74) is 0. The van der Waals surface area contributed by atoms with E-state index >= 15 is 0 Å². The van der Waals surface area contributed by atoms with Crippen molar-refractivity contribution in [2.24, 2.45) is 11.8 Å². The Labute approximate surface area is 108 Å². The fourth-order valence-corrected chi connectivity index (χ4v) is 2.84. The number of nitrogens with zero attached hydrogens (tertiary/aromatic N) is 2. The minimum Gasteiger partial charge on any atom is -0.349 e. The lowest BCUT2D eigenvalue weighted by molar-refractivity contribution is -0.141. The Balaban J connectivity index is 1.82. The Bertz CT molecular complexity index is 316. The average Bonchev–Trinajstić information content (AvgIpc) is 2.91. The van der Waals surface area contributed by atoms with Crippen molar-refractivity contribution in [3.05, 3.63) is 0 Å². The number of carbonyl (C=O) groups excluding carboxylic acids is 2. The third kappa shape index (κ3) is 2.83. The molecule has 5 nitrogen and oxygen atoms in total. The molecule has 0 aliphatic carbocycles. The number of carbonyl (C=O) groups is 2. The zero-order chi connectivity index (χ0) is 13.1. The first kappa shape index (κ1) is 13.3. The Hall–Kier alpha value is -1.10. The van der Waals surface area contributed by atoms with Crippen molar-refractivity contribution in [3.8, 4) is 0 Å². The molecule has 0 radical (unpaired) electrons. The van der Waals surface area contributed by atoms with Gasteiger partial charge in [-0.15, -0.1) is 0 Å². The predicted molar refractivity (Wildman–Crippen MR) is 69.0 cm³/mol. The van der Waals surface area contributed by atoms with Crippen LogP contribution in [0, 0.1) is 11.8 Å². The van der Waals surface area contributed by atoms with Crippen LogP contribution in [0.4, 0.5) is 0 Å². The van der Waals surface area contributed by atoms with Gasteiger partial charge in [0.1, 0.15) is 0 Å². The van der Waals surface area contributed by atoms with E-state index in [1.807, 2.05) is 4.90 Å². The van der Waals surface area contributed by atoms with E-state index < -0.39 is 0 Å². The van der Waals surface area contributed by atoms with E-state index in [9.17, 15) is 9.59 Å². The van der Waals surface area contributed by atoms with E-state index in [-0.39, 0.29) is 23.7 Å². The summed E-state index contributed by atoms with van der Waals surface area (Å²) in [6, 6.07) is 0. The highest BCUT2D eigenvalue weighted by Gasteiger charge is 2.32. The first-order chi connectivity index (χ1) is 8.59. The van der Waals surface area contributed by atoms with E-state index in [0.29, 0.717) is 0 Å². The molecule has 1 N–H and O–H groups in total. The number of rotatable bonds is 2. The van der Waals surface area contributed by atoms with Crippen molar-refractivity contribution in [2.45, 2.75) is 19.3 Å². The molecule has 0 aromatic carbocycles. The van der Waals surface area contributed by atoms with Gasteiger partial charge < -0.3 is 15.1 Å². The summed E-state index contributed by atoms with van der Waals surface area (Å²) < 4.78 is 0. The molecule has 0 bridgehead atoms. The van der Waals surface area contributed by atoms with E-state index in [1.54, 1.807) is 19.0 Å². The monoisotopic (exact) mass is 253 g/mol. The first-order valence-corrected chi connectivity index (χ1v) is 6.80. The highest BCUT2D eigenvalue weighted by atomic mass is 16.2. The van der Waals surface area contributed by atoms with Gasteiger partial charge in [0.25, 0.3) is 0 Å². The lowest BCUT2D eigenvalue weighted by Gasteiger charge is -2.33. The van der Waals surface area contributed by atoms with Crippen LogP contribution in [0.3, 0.4) is 0 Å². The van der Waals surface area contributed by atoms with E-state index in [1.165, 1.54) is 0 Å². The Morgan fingerprint density at radius 1 is 1.11 bits per heavy atom. The Morgan fingerprint density at radius 2 is 1.78 bits per heavy atom. The van der Waals surface area contributed by atoms with Crippen molar-refractivity contribution in [1.29, 1.82) is 0 Å². The number of likely N-dealkylation sites (tertiary alicyclic amines) is 1. The molecule has 1 atom stereocenters. The molecule has 2 amide bonds. The van der Waals surface area contributed by atoms with Crippen molar-refractivity contribution in [3.63, 3.8) is 0 Å². The molecular formula is C13H23N3O2. The number of piperidine rings is 1.